The van der Waals surface area contributed by atoms with Gasteiger partial charge in [0.25, 0.3) is 5.91 Å². The molecule has 0 saturated heterocycles. The van der Waals surface area contributed by atoms with Gasteiger partial charge in [-0.15, -0.1) is 0 Å². The van der Waals surface area contributed by atoms with Gasteiger partial charge in [0.05, 0.1) is 18.2 Å². The van der Waals surface area contributed by atoms with Gasteiger partial charge in [-0.1, -0.05) is 44.2 Å². The summed E-state index contributed by atoms with van der Waals surface area (Å²) >= 11 is 1.56. The minimum atomic E-state index is -0.390. The van der Waals surface area contributed by atoms with E-state index in [1.54, 1.807) is 17.8 Å². The van der Waals surface area contributed by atoms with Crippen molar-refractivity contribution in [3.05, 3.63) is 35.4 Å². The third kappa shape index (κ3) is 4.30. The smallest absolute Gasteiger partial charge is 0.251 e. The summed E-state index contributed by atoms with van der Waals surface area (Å²) in [5.41, 5.74) is 7.07. The lowest BCUT2D eigenvalue weighted by molar-refractivity contribution is 0.0891. The number of nitrogens with zero attached hydrogens (tertiary/aromatic N) is 1. The fourth-order valence-electron chi connectivity index (χ4n) is 2.79. The molecule has 1 aliphatic rings. The average molecular weight is 350 g/mol. The summed E-state index contributed by atoms with van der Waals surface area (Å²) in [7, 11) is 0. The third-order valence-electron chi connectivity index (χ3n) is 4.79. The molecule has 2 rings (SSSR count). The molecule has 0 fully saturated rings. The summed E-state index contributed by atoms with van der Waals surface area (Å²) < 4.78 is 0. The monoisotopic (exact) mass is 349 g/mol. The first-order valence-corrected chi connectivity index (χ1v) is 9.38. The van der Waals surface area contributed by atoms with Crippen molar-refractivity contribution in [1.82, 2.24) is 5.32 Å². The Morgan fingerprint density at radius 1 is 1.54 bits per heavy atom. The second-order valence-corrected chi connectivity index (χ2v) is 7.67. The van der Waals surface area contributed by atoms with E-state index < -0.39 is 5.54 Å². The summed E-state index contributed by atoms with van der Waals surface area (Å²) in [5.74, 6) is 0.976. The normalized spacial score (nSPS) is 23.2. The zero-order chi connectivity index (χ0) is 17.7. The molecular formula is C18H27N3O2S. The van der Waals surface area contributed by atoms with Crippen LogP contribution >= 0.6 is 11.8 Å². The SMILES string of the molecule is CCC(C)[C@@H](CO)NC(=O)c1cccc(C2(C)CCSC(N)=N2)c1. The van der Waals surface area contributed by atoms with Crippen LogP contribution in [-0.4, -0.2) is 34.6 Å². The van der Waals surface area contributed by atoms with E-state index in [1.165, 1.54) is 0 Å². The molecule has 0 saturated carbocycles. The summed E-state index contributed by atoms with van der Waals surface area (Å²) in [6.45, 7) is 6.06. The molecule has 1 amide bonds. The number of thioether (sulfide) groups is 1. The third-order valence-corrected chi connectivity index (χ3v) is 5.58. The number of nitrogens with two attached hydrogens (primary N) is 1. The van der Waals surface area contributed by atoms with E-state index in [9.17, 15) is 9.90 Å². The lowest BCUT2D eigenvalue weighted by Crippen LogP contribution is -2.42. The van der Waals surface area contributed by atoms with E-state index in [1.807, 2.05) is 39.0 Å². The van der Waals surface area contributed by atoms with Gasteiger partial charge in [0.1, 0.15) is 0 Å². The van der Waals surface area contributed by atoms with Crippen molar-refractivity contribution in [2.75, 3.05) is 12.4 Å². The van der Waals surface area contributed by atoms with Crippen LogP contribution in [0.1, 0.15) is 49.5 Å². The Hall–Kier alpha value is -1.53. The number of rotatable bonds is 6. The first-order chi connectivity index (χ1) is 11.4. The van der Waals surface area contributed by atoms with Crippen molar-refractivity contribution in [3.63, 3.8) is 0 Å². The van der Waals surface area contributed by atoms with E-state index in [4.69, 9.17) is 5.73 Å². The molecule has 0 bridgehead atoms. The number of benzene rings is 1. The molecule has 2 unspecified atom stereocenters. The maximum absolute atomic E-state index is 12.6. The van der Waals surface area contributed by atoms with Crippen LogP contribution in [0, 0.1) is 5.92 Å². The van der Waals surface area contributed by atoms with Crippen LogP contribution in [0.3, 0.4) is 0 Å². The number of hydrogen-bond acceptors (Lipinski definition) is 5. The zero-order valence-corrected chi connectivity index (χ0v) is 15.4. The maximum atomic E-state index is 12.6. The number of amides is 1. The molecule has 3 atom stereocenters. The van der Waals surface area contributed by atoms with Gasteiger partial charge in [-0.2, -0.15) is 0 Å². The van der Waals surface area contributed by atoms with Crippen molar-refractivity contribution in [1.29, 1.82) is 0 Å². The first kappa shape index (κ1) is 18.8. The molecular weight excluding hydrogens is 322 g/mol. The molecule has 0 aliphatic carbocycles. The topological polar surface area (TPSA) is 87.7 Å². The van der Waals surface area contributed by atoms with Crippen LogP contribution in [0.4, 0.5) is 0 Å². The van der Waals surface area contributed by atoms with Crippen LogP contribution in [0.25, 0.3) is 0 Å². The van der Waals surface area contributed by atoms with Crippen molar-refractivity contribution in [3.8, 4) is 0 Å². The van der Waals surface area contributed by atoms with Gasteiger partial charge in [0.15, 0.2) is 5.17 Å². The Morgan fingerprint density at radius 3 is 2.92 bits per heavy atom. The molecule has 24 heavy (non-hydrogen) atoms. The summed E-state index contributed by atoms with van der Waals surface area (Å²) in [6, 6.07) is 7.30. The second kappa shape index (κ2) is 8.03. The molecule has 5 nitrogen and oxygen atoms in total. The van der Waals surface area contributed by atoms with E-state index in [2.05, 4.69) is 10.3 Å². The number of carbonyl (C=O) groups is 1. The number of amidine groups is 1. The Morgan fingerprint density at radius 2 is 2.29 bits per heavy atom. The largest absolute Gasteiger partial charge is 0.394 e. The molecule has 0 spiro atoms. The van der Waals surface area contributed by atoms with Crippen molar-refractivity contribution < 1.29 is 9.90 Å². The van der Waals surface area contributed by atoms with Crippen LogP contribution in [0.2, 0.25) is 0 Å². The minimum absolute atomic E-state index is 0.0593. The maximum Gasteiger partial charge on any atom is 0.251 e. The highest BCUT2D eigenvalue weighted by Gasteiger charge is 2.30. The lowest BCUT2D eigenvalue weighted by atomic mass is 9.88. The Bertz CT molecular complexity index is 620. The second-order valence-electron chi connectivity index (χ2n) is 6.55. The van der Waals surface area contributed by atoms with Gasteiger partial charge in [-0.25, -0.2) is 0 Å². The van der Waals surface area contributed by atoms with Crippen LogP contribution in [0.5, 0.6) is 0 Å². The Balaban J connectivity index is 2.21. The highest BCUT2D eigenvalue weighted by molar-refractivity contribution is 8.13. The van der Waals surface area contributed by atoms with Crippen molar-refractivity contribution in [2.24, 2.45) is 16.6 Å². The van der Waals surface area contributed by atoms with Crippen molar-refractivity contribution in [2.45, 2.75) is 45.2 Å². The van der Waals surface area contributed by atoms with Gasteiger partial charge in [0, 0.05) is 11.3 Å². The van der Waals surface area contributed by atoms with Gasteiger partial charge in [-0.3, -0.25) is 9.79 Å². The predicted octanol–water partition coefficient (Wildman–Crippen LogP) is 2.49. The van der Waals surface area contributed by atoms with Gasteiger partial charge >= 0.3 is 0 Å². The van der Waals surface area contributed by atoms with Gasteiger partial charge in [-0.05, 0) is 37.0 Å². The van der Waals surface area contributed by atoms with E-state index in [0.717, 1.165) is 24.2 Å². The number of aliphatic hydroxyl groups is 1. The quantitative estimate of drug-likeness (QED) is 0.736. The van der Waals surface area contributed by atoms with Gasteiger partial charge in [0.2, 0.25) is 0 Å². The number of carbonyl (C=O) groups excluding carboxylic acids is 1. The average Bonchev–Trinajstić information content (AvgIpc) is 2.58. The van der Waals surface area contributed by atoms with Crippen LogP contribution in [-0.2, 0) is 5.54 Å². The Labute approximate surface area is 148 Å². The molecule has 132 valence electrons. The standard InChI is InChI=1S/C18H27N3O2S/c1-4-12(2)15(11-22)20-16(23)13-6-5-7-14(10-13)18(3)8-9-24-17(19)21-18/h5-7,10,12,15,22H,4,8-9,11H2,1-3H3,(H2,19,21)(H,20,23)/t12?,15-,18?/m1/s1. The minimum Gasteiger partial charge on any atom is -0.394 e. The molecule has 1 heterocycles. The van der Waals surface area contributed by atoms with Gasteiger partial charge < -0.3 is 16.2 Å². The fourth-order valence-corrected chi connectivity index (χ4v) is 3.77. The molecule has 0 radical (unpaired) electrons. The molecule has 1 aromatic rings. The summed E-state index contributed by atoms with van der Waals surface area (Å²) in [5, 5.41) is 13.0. The predicted molar refractivity (Wildman–Crippen MR) is 100 cm³/mol. The number of nitrogens with one attached hydrogen (secondary N) is 1. The number of aliphatic imine (C=N–C) groups is 1. The molecule has 6 heteroatoms. The van der Waals surface area contributed by atoms with E-state index in [-0.39, 0.29) is 24.5 Å². The van der Waals surface area contributed by atoms with Crippen LogP contribution < -0.4 is 11.1 Å². The lowest BCUT2D eigenvalue weighted by Gasteiger charge is -2.30. The number of aliphatic hydroxyl groups excluding tert-OH is 1. The fraction of sp³-hybridized carbons (Fsp3) is 0.556. The zero-order valence-electron chi connectivity index (χ0n) is 14.6. The van der Waals surface area contributed by atoms with E-state index in [0.29, 0.717) is 10.7 Å². The van der Waals surface area contributed by atoms with E-state index >= 15 is 0 Å². The molecule has 0 aromatic heterocycles. The molecule has 1 aliphatic heterocycles. The first-order valence-electron chi connectivity index (χ1n) is 8.40. The van der Waals surface area contributed by atoms with Crippen molar-refractivity contribution >= 4 is 22.8 Å². The molecule has 1 aromatic carbocycles. The van der Waals surface area contributed by atoms with Crippen LogP contribution in [0.15, 0.2) is 29.3 Å². The number of hydrogen-bond donors (Lipinski definition) is 3. The highest BCUT2D eigenvalue weighted by atomic mass is 32.2. The Kier molecular flexibility index (Phi) is 6.29. The highest BCUT2D eigenvalue weighted by Crippen LogP contribution is 2.35. The summed E-state index contributed by atoms with van der Waals surface area (Å²) in [6.07, 6.45) is 1.78. The molecule has 4 N–H and O–H groups in total. The summed E-state index contributed by atoms with van der Waals surface area (Å²) in [4.78, 5) is 17.1.